The lowest BCUT2D eigenvalue weighted by atomic mass is 9.90. The Morgan fingerprint density at radius 2 is 1.39 bits per heavy atom. The third-order valence-corrected chi connectivity index (χ3v) is 7.40. The molecule has 2 heteroatoms. The van der Waals surface area contributed by atoms with E-state index in [-0.39, 0.29) is 6.17 Å². The molecule has 2 aliphatic heterocycles. The molecule has 1 fully saturated rings. The van der Waals surface area contributed by atoms with Gasteiger partial charge in [0, 0.05) is 18.4 Å². The Morgan fingerprint density at radius 1 is 0.742 bits per heavy atom. The minimum absolute atomic E-state index is 0.227. The Bertz CT molecular complexity index is 1190. The molecule has 6 rings (SSSR count). The first-order valence-corrected chi connectivity index (χ1v) is 11.6. The normalized spacial score (nSPS) is 25.7. The van der Waals surface area contributed by atoms with E-state index in [2.05, 4.69) is 96.4 Å². The van der Waals surface area contributed by atoms with Crippen LogP contribution in [-0.4, -0.2) is 6.17 Å². The number of hydrogen-bond acceptors (Lipinski definition) is 2. The van der Waals surface area contributed by atoms with Crippen molar-refractivity contribution in [2.75, 3.05) is 9.80 Å². The monoisotopic (exact) mass is 407 g/mol. The maximum Gasteiger partial charge on any atom is 0.113 e. The van der Waals surface area contributed by atoms with E-state index in [1.165, 1.54) is 48.3 Å². The van der Waals surface area contributed by atoms with E-state index in [1.807, 2.05) is 6.07 Å². The zero-order valence-electron chi connectivity index (χ0n) is 19.4. The van der Waals surface area contributed by atoms with Crippen molar-refractivity contribution in [2.45, 2.75) is 51.6 Å². The lowest BCUT2D eigenvalue weighted by Gasteiger charge is -2.38. The van der Waals surface area contributed by atoms with Crippen molar-refractivity contribution in [3.8, 4) is 0 Å². The van der Waals surface area contributed by atoms with Crippen LogP contribution in [-0.2, 0) is 0 Å². The molecule has 2 heterocycles. The van der Waals surface area contributed by atoms with Gasteiger partial charge in [-0.15, -0.1) is 0 Å². The Kier molecular flexibility index (Phi) is 4.16. The van der Waals surface area contributed by atoms with Crippen molar-refractivity contribution >= 4 is 11.4 Å². The van der Waals surface area contributed by atoms with Crippen LogP contribution in [0.15, 0.2) is 90.3 Å². The number of anilines is 2. The van der Waals surface area contributed by atoms with Crippen molar-refractivity contribution in [3.63, 3.8) is 0 Å². The Hall–Kier alpha value is -3.00. The quantitative estimate of drug-likeness (QED) is 0.452. The molecule has 31 heavy (non-hydrogen) atoms. The molecule has 2 nitrogen and oxygen atoms in total. The summed E-state index contributed by atoms with van der Waals surface area (Å²) < 4.78 is 10.0. The standard InChI is InChI=1S/C29H30N2/c1-20-12-6-10-18-25(20)30-21(2)28-27(22-13-4-3-5-14-22)24-17-9-11-19-26(24)31(28)29(30)23-15-7-8-16-23/h3-6,9-14,17-19,23,27,29H,7-8,15-16H2,1-2H3/i27D. The van der Waals surface area contributed by atoms with E-state index in [0.717, 1.165) is 16.8 Å². The van der Waals surface area contributed by atoms with Crippen molar-refractivity contribution in [1.29, 1.82) is 0 Å². The van der Waals surface area contributed by atoms with Crippen LogP contribution in [0.4, 0.5) is 11.4 Å². The number of para-hydroxylation sites is 2. The van der Waals surface area contributed by atoms with Gasteiger partial charge in [0.1, 0.15) is 6.17 Å². The predicted octanol–water partition coefficient (Wildman–Crippen LogP) is 7.21. The Labute approximate surface area is 187 Å². The van der Waals surface area contributed by atoms with E-state index < -0.39 is 5.89 Å². The first-order valence-electron chi connectivity index (χ1n) is 12.1. The first-order chi connectivity index (χ1) is 15.6. The highest BCUT2D eigenvalue weighted by Crippen LogP contribution is 2.56. The summed E-state index contributed by atoms with van der Waals surface area (Å²) in [6.07, 6.45) is 5.34. The number of fused-ring (bicyclic) bond motifs is 3. The summed E-state index contributed by atoms with van der Waals surface area (Å²) in [6, 6.07) is 27.8. The van der Waals surface area contributed by atoms with Gasteiger partial charge in [-0.3, -0.25) is 0 Å². The molecule has 2 atom stereocenters. The summed E-state index contributed by atoms with van der Waals surface area (Å²) in [5.41, 5.74) is 8.26. The summed E-state index contributed by atoms with van der Waals surface area (Å²) in [6.45, 7) is 4.45. The van der Waals surface area contributed by atoms with Crippen LogP contribution in [0, 0.1) is 12.8 Å². The summed E-state index contributed by atoms with van der Waals surface area (Å²) in [4.78, 5) is 5.09. The highest BCUT2D eigenvalue weighted by molar-refractivity contribution is 5.78. The van der Waals surface area contributed by atoms with Crippen molar-refractivity contribution in [2.24, 2.45) is 5.92 Å². The Morgan fingerprint density at radius 3 is 2.13 bits per heavy atom. The van der Waals surface area contributed by atoms with Gasteiger partial charge in [-0.2, -0.15) is 0 Å². The van der Waals surface area contributed by atoms with Gasteiger partial charge in [-0.25, -0.2) is 0 Å². The topological polar surface area (TPSA) is 6.48 Å². The lowest BCUT2D eigenvalue weighted by Crippen LogP contribution is -2.45. The zero-order chi connectivity index (χ0) is 21.9. The SMILES string of the molecule is [2H]C1(c2ccccc2)C2=C(C)N(c3ccccc3C)C(C3CCCC3)N2c2ccccc21. The molecule has 0 radical (unpaired) electrons. The minimum atomic E-state index is -0.907. The van der Waals surface area contributed by atoms with Gasteiger partial charge < -0.3 is 9.80 Å². The van der Waals surface area contributed by atoms with E-state index in [0.29, 0.717) is 5.92 Å². The second-order valence-electron chi connectivity index (χ2n) is 9.18. The average molecular weight is 408 g/mol. The van der Waals surface area contributed by atoms with E-state index in [4.69, 9.17) is 0 Å². The van der Waals surface area contributed by atoms with Crippen LogP contribution < -0.4 is 9.80 Å². The summed E-state index contributed by atoms with van der Waals surface area (Å²) in [7, 11) is 0. The van der Waals surface area contributed by atoms with Gasteiger partial charge in [-0.1, -0.05) is 79.6 Å². The smallest absolute Gasteiger partial charge is 0.113 e. The van der Waals surface area contributed by atoms with Crippen molar-refractivity contribution in [1.82, 2.24) is 0 Å². The number of allylic oxidation sites excluding steroid dienone is 2. The molecular formula is C29H30N2. The number of hydrogen-bond donors (Lipinski definition) is 0. The van der Waals surface area contributed by atoms with Crippen LogP contribution in [0.3, 0.4) is 0 Å². The highest BCUT2D eigenvalue weighted by atomic mass is 15.4. The summed E-state index contributed by atoms with van der Waals surface area (Å²) in [5.74, 6) is -0.316. The summed E-state index contributed by atoms with van der Waals surface area (Å²) >= 11 is 0. The maximum atomic E-state index is 10.0. The van der Waals surface area contributed by atoms with Gasteiger partial charge >= 0.3 is 0 Å². The fourth-order valence-electron chi connectivity index (χ4n) is 6.05. The second kappa shape index (κ2) is 7.30. The van der Waals surface area contributed by atoms with Gasteiger partial charge in [0.2, 0.25) is 0 Å². The molecule has 2 unspecified atom stereocenters. The molecule has 0 spiro atoms. The van der Waals surface area contributed by atoms with Crippen molar-refractivity contribution in [3.05, 3.63) is 107 Å². The lowest BCUT2D eigenvalue weighted by molar-refractivity contribution is 0.433. The third kappa shape index (κ3) is 2.77. The number of nitrogens with zero attached hydrogens (tertiary/aromatic N) is 2. The fraction of sp³-hybridized carbons (Fsp3) is 0.310. The minimum Gasteiger partial charge on any atom is -0.322 e. The van der Waals surface area contributed by atoms with E-state index in [1.54, 1.807) is 0 Å². The number of benzene rings is 3. The molecule has 0 saturated heterocycles. The summed E-state index contributed by atoms with van der Waals surface area (Å²) in [5, 5.41) is 0. The van der Waals surface area contributed by atoms with Gasteiger partial charge in [-0.05, 0) is 61.4 Å². The second-order valence-corrected chi connectivity index (χ2v) is 9.18. The average Bonchev–Trinajstić information content (AvgIpc) is 3.52. The van der Waals surface area contributed by atoms with Crippen LogP contribution in [0.2, 0.25) is 0 Å². The van der Waals surface area contributed by atoms with Crippen LogP contribution >= 0.6 is 0 Å². The van der Waals surface area contributed by atoms with Crippen LogP contribution in [0.1, 0.15) is 56.6 Å². The maximum absolute atomic E-state index is 10.0. The van der Waals surface area contributed by atoms with Crippen LogP contribution in [0.5, 0.6) is 0 Å². The molecule has 1 saturated carbocycles. The molecule has 0 amide bonds. The van der Waals surface area contributed by atoms with Crippen molar-refractivity contribution < 1.29 is 1.37 Å². The molecule has 3 aliphatic rings. The van der Waals surface area contributed by atoms with Gasteiger partial charge in [0.15, 0.2) is 0 Å². The zero-order valence-corrected chi connectivity index (χ0v) is 18.4. The molecule has 156 valence electrons. The molecule has 3 aromatic rings. The predicted molar refractivity (Wildman–Crippen MR) is 129 cm³/mol. The molecule has 0 bridgehead atoms. The van der Waals surface area contributed by atoms with Gasteiger partial charge in [0.05, 0.1) is 11.6 Å². The molecular weight excluding hydrogens is 376 g/mol. The molecule has 0 N–H and O–H groups in total. The number of rotatable bonds is 3. The van der Waals surface area contributed by atoms with E-state index in [9.17, 15) is 1.37 Å². The largest absolute Gasteiger partial charge is 0.322 e. The van der Waals surface area contributed by atoms with E-state index >= 15 is 0 Å². The molecule has 1 aliphatic carbocycles. The highest BCUT2D eigenvalue weighted by Gasteiger charge is 2.50. The van der Waals surface area contributed by atoms with Crippen LogP contribution in [0.25, 0.3) is 0 Å². The molecule has 0 aromatic heterocycles. The third-order valence-electron chi connectivity index (χ3n) is 7.40. The Balaban J connectivity index is 1.63. The fourth-order valence-corrected chi connectivity index (χ4v) is 6.05. The van der Waals surface area contributed by atoms with Gasteiger partial charge in [0.25, 0.3) is 0 Å². The first kappa shape index (κ1) is 17.7. The molecule has 3 aromatic carbocycles. The number of aryl methyl sites for hydroxylation is 1.